The van der Waals surface area contributed by atoms with E-state index >= 15 is 0 Å². The molecule has 0 saturated heterocycles. The number of aromatic amines is 2. The summed E-state index contributed by atoms with van der Waals surface area (Å²) >= 11 is 0. The van der Waals surface area contributed by atoms with Gasteiger partial charge in [0.2, 0.25) is 47.3 Å². The van der Waals surface area contributed by atoms with Crippen LogP contribution in [-0.4, -0.2) is 153 Å². The van der Waals surface area contributed by atoms with Gasteiger partial charge in [0.15, 0.2) is 11.9 Å². The number of nitrogens with one attached hydrogen (secondary N) is 9. The number of aliphatic carboxylic acids is 1. The van der Waals surface area contributed by atoms with Crippen molar-refractivity contribution in [2.75, 3.05) is 19.6 Å². The normalized spacial score (nSPS) is 13.9. The predicted molar refractivity (Wildman–Crippen MR) is 336 cm³/mol. The number of guanidine groups is 2. The Bertz CT molecular complexity index is 3260. The first-order valence-corrected chi connectivity index (χ1v) is 29.5. The van der Waals surface area contributed by atoms with Crippen molar-refractivity contribution >= 4 is 87.0 Å². The molecule has 0 spiro atoms. The molecular weight excluding hydrogens is 1150 g/mol. The molecule has 3 aromatic carbocycles. The zero-order valence-electron chi connectivity index (χ0n) is 50.1. The molecule has 0 fully saturated rings. The molecule has 0 saturated carbocycles. The fourth-order valence-corrected chi connectivity index (χ4v) is 9.88. The summed E-state index contributed by atoms with van der Waals surface area (Å²) in [5, 5.41) is 40.1. The highest BCUT2D eigenvalue weighted by Gasteiger charge is 2.36. The maximum absolute atomic E-state index is 15.0. The Morgan fingerprint density at radius 3 is 1.36 bits per heavy atom. The summed E-state index contributed by atoms with van der Waals surface area (Å²) in [6, 6.07) is 8.97. The minimum atomic E-state index is -1.62. The summed E-state index contributed by atoms with van der Waals surface area (Å²) < 4.78 is 0. The van der Waals surface area contributed by atoms with Gasteiger partial charge in [-0.15, -0.1) is 0 Å². The third kappa shape index (κ3) is 23.1. The van der Waals surface area contributed by atoms with Crippen molar-refractivity contribution in [1.29, 1.82) is 0 Å². The van der Waals surface area contributed by atoms with E-state index in [1.54, 1.807) is 68.7 Å². The number of nitrogens with zero attached hydrogens (tertiary/aromatic N) is 2. The van der Waals surface area contributed by atoms with E-state index in [-0.39, 0.29) is 94.5 Å². The van der Waals surface area contributed by atoms with E-state index in [4.69, 9.17) is 40.1 Å². The number of fused-ring (bicyclic) bond motifs is 2. The number of carboxylic acid groups (broad SMARTS) is 1. The molecule has 0 unspecified atom stereocenters. The largest absolute Gasteiger partial charge is 0.508 e. The van der Waals surface area contributed by atoms with Crippen LogP contribution in [0.25, 0.3) is 21.8 Å². The predicted octanol–water partition coefficient (Wildman–Crippen LogP) is -1.26. The summed E-state index contributed by atoms with van der Waals surface area (Å²) in [6.45, 7) is 4.05. The van der Waals surface area contributed by atoms with Gasteiger partial charge in [-0.25, -0.2) is 4.79 Å². The zero-order chi connectivity index (χ0) is 65.2. The van der Waals surface area contributed by atoms with Gasteiger partial charge < -0.3 is 97.5 Å². The van der Waals surface area contributed by atoms with E-state index in [2.05, 4.69) is 57.2 Å². The lowest BCUT2D eigenvalue weighted by molar-refractivity contribution is -0.142. The number of amides is 8. The van der Waals surface area contributed by atoms with Gasteiger partial charge in [0.1, 0.15) is 48.0 Å². The van der Waals surface area contributed by atoms with Crippen molar-refractivity contribution < 1.29 is 53.4 Å². The van der Waals surface area contributed by atoms with Crippen molar-refractivity contribution in [3.8, 4) is 5.75 Å². The number of unbranched alkanes of at least 4 members (excludes halogenated alkanes) is 1. The van der Waals surface area contributed by atoms with Gasteiger partial charge in [-0.2, -0.15) is 0 Å². The molecule has 2 heterocycles. The molecule has 0 bridgehead atoms. The number of hydrogen-bond donors (Lipinski definition) is 18. The first-order valence-electron chi connectivity index (χ1n) is 29.5. The number of para-hydroxylation sites is 2. The molecule has 5 rings (SSSR count). The highest BCUT2D eigenvalue weighted by molar-refractivity contribution is 5.99. The number of nitrogens with two attached hydrogens (primary N) is 7. The summed E-state index contributed by atoms with van der Waals surface area (Å²) in [4.78, 5) is 141. The number of aromatic hydroxyl groups is 1. The van der Waals surface area contributed by atoms with Gasteiger partial charge in [-0.3, -0.25) is 48.3 Å². The van der Waals surface area contributed by atoms with E-state index in [0.29, 0.717) is 57.9 Å². The summed E-state index contributed by atoms with van der Waals surface area (Å²) in [6.07, 6.45) is 3.53. The fourth-order valence-electron chi connectivity index (χ4n) is 9.88. The van der Waals surface area contributed by atoms with Crippen molar-refractivity contribution in [2.45, 2.75) is 146 Å². The second kappa shape index (κ2) is 35.1. The number of phenolic OH excluding ortho intramolecular Hbond substituents is 1. The molecule has 8 atom stereocenters. The van der Waals surface area contributed by atoms with Crippen LogP contribution in [-0.2, 0) is 62.4 Å². The standard InChI is InChI=1S/C60H86N18O11/c1-33(2)27-46(55(85)78-49(58(88)89)28-34-18-20-37(79)21-19-34)75-53(83)44(17-10-26-69-60(66)67)73-56(86)47(29-35-31-70-41-14-5-3-11-38(35)41)77-54(84)45(22-23-50(63)80)74-57(87)48(30-36-32-71-42-15-6-4-12-39(36)42)76-52(82)43(16-9-25-68-59(64)65)72-51(81)40(62)13-7-8-24-61/h3-6,11-12,14-15,18-21,31-33,40,43-49,70-71,79H,7-10,13,16-17,22-30,61-62H2,1-2H3,(H2,63,80)(H,72,81)(H,73,86)(H,74,87)(H,75,83)(H,76,82)(H,77,84)(H,78,85)(H,88,89)(H4,64,65,68)(H4,66,67,69)/t40-,43-,44-,45-,46-,47-,48-,49-/m0/s1. The van der Waals surface area contributed by atoms with E-state index in [0.717, 1.165) is 0 Å². The number of benzene rings is 3. The number of hydrogen-bond acceptors (Lipinski definition) is 14. The van der Waals surface area contributed by atoms with Crippen molar-refractivity contribution in [3.05, 3.63) is 102 Å². The molecule has 89 heavy (non-hydrogen) atoms. The van der Waals surface area contributed by atoms with E-state index in [1.165, 1.54) is 24.3 Å². The summed E-state index contributed by atoms with van der Waals surface area (Å²) in [7, 11) is 0. The van der Waals surface area contributed by atoms with Gasteiger partial charge in [-0.05, 0) is 105 Å². The Morgan fingerprint density at radius 2 is 0.910 bits per heavy atom. The van der Waals surface area contributed by atoms with Crippen molar-refractivity contribution in [3.63, 3.8) is 0 Å². The highest BCUT2D eigenvalue weighted by Crippen LogP contribution is 2.22. The molecule has 0 aliphatic carbocycles. The molecule has 2 aromatic heterocycles. The lowest BCUT2D eigenvalue weighted by atomic mass is 10.00. The Balaban J connectivity index is 1.49. The Morgan fingerprint density at radius 1 is 0.494 bits per heavy atom. The van der Waals surface area contributed by atoms with Crippen LogP contribution in [0.2, 0.25) is 0 Å². The third-order valence-electron chi connectivity index (χ3n) is 14.6. The van der Waals surface area contributed by atoms with E-state index in [1.807, 2.05) is 6.07 Å². The van der Waals surface area contributed by atoms with Gasteiger partial charge in [0.05, 0.1) is 6.04 Å². The van der Waals surface area contributed by atoms with Crippen LogP contribution in [0, 0.1) is 5.92 Å². The van der Waals surface area contributed by atoms with Crippen LogP contribution in [0.1, 0.15) is 94.7 Å². The number of carboxylic acids is 1. The number of carbonyl (C=O) groups excluding carboxylic acids is 8. The number of carbonyl (C=O) groups is 9. The molecule has 482 valence electrons. The quantitative estimate of drug-likeness (QED) is 0.0125. The van der Waals surface area contributed by atoms with Crippen LogP contribution < -0.4 is 77.4 Å². The highest BCUT2D eigenvalue weighted by atomic mass is 16.4. The second-order valence-corrected chi connectivity index (χ2v) is 22.2. The number of aliphatic imine (C=N–C) groups is 2. The van der Waals surface area contributed by atoms with Gasteiger partial charge in [0.25, 0.3) is 0 Å². The molecule has 25 N–H and O–H groups in total. The van der Waals surface area contributed by atoms with Crippen LogP contribution in [0.3, 0.4) is 0 Å². The van der Waals surface area contributed by atoms with Gasteiger partial charge >= 0.3 is 5.97 Å². The number of rotatable bonds is 38. The summed E-state index contributed by atoms with van der Waals surface area (Å²) in [5.41, 5.74) is 42.8. The first-order chi connectivity index (χ1) is 42.4. The molecular formula is C60H86N18O11. The van der Waals surface area contributed by atoms with Crippen LogP contribution in [0.5, 0.6) is 5.75 Å². The maximum atomic E-state index is 15.0. The molecule has 8 amide bonds. The smallest absolute Gasteiger partial charge is 0.326 e. The zero-order valence-corrected chi connectivity index (χ0v) is 50.1. The van der Waals surface area contributed by atoms with Gasteiger partial charge in [0, 0.05) is 73.0 Å². The maximum Gasteiger partial charge on any atom is 0.326 e. The minimum absolute atomic E-state index is 0.00229. The topological polar surface area (TPSA) is 517 Å². The van der Waals surface area contributed by atoms with E-state index in [9.17, 15) is 53.4 Å². The molecule has 0 radical (unpaired) electrons. The fraction of sp³-hybridized carbons (Fsp3) is 0.450. The average Bonchev–Trinajstić information content (AvgIpc) is 1.95. The molecule has 29 heteroatoms. The van der Waals surface area contributed by atoms with Crippen LogP contribution in [0.4, 0.5) is 0 Å². The minimum Gasteiger partial charge on any atom is -0.508 e. The third-order valence-corrected chi connectivity index (χ3v) is 14.6. The van der Waals surface area contributed by atoms with Crippen LogP contribution >= 0.6 is 0 Å². The second-order valence-electron chi connectivity index (χ2n) is 22.2. The number of primary amides is 1. The molecule has 0 aliphatic rings. The van der Waals surface area contributed by atoms with Crippen LogP contribution in [0.15, 0.2) is 95.2 Å². The lowest BCUT2D eigenvalue weighted by Gasteiger charge is -2.28. The van der Waals surface area contributed by atoms with E-state index < -0.39 is 114 Å². The monoisotopic (exact) mass is 1230 g/mol. The summed E-state index contributed by atoms with van der Waals surface area (Å²) in [5.74, 6) is -8.84. The number of H-pyrrole nitrogens is 2. The average molecular weight is 1240 g/mol. The Labute approximate surface area is 514 Å². The molecule has 5 aromatic rings. The number of phenols is 1. The number of aromatic nitrogens is 2. The van der Waals surface area contributed by atoms with Crippen molar-refractivity contribution in [1.82, 2.24) is 47.2 Å². The molecule has 0 aliphatic heterocycles. The Hall–Kier alpha value is -9.77. The lowest BCUT2D eigenvalue weighted by Crippen LogP contribution is -2.60. The van der Waals surface area contributed by atoms with Gasteiger partial charge in [-0.1, -0.05) is 68.8 Å². The SMILES string of the molecule is CC(C)C[C@H](NC(=O)[C@H](CCCN=C(N)N)NC(=O)[C@H](Cc1c[nH]c2ccccc12)NC(=O)[C@H](CCC(N)=O)NC(=O)[C@H](Cc1c[nH]c2ccccc12)NC(=O)[C@H](CCCN=C(N)N)NC(=O)[C@@H](N)CCCCN)C(=O)N[C@@H](Cc1ccc(O)cc1)C(=O)O. The molecule has 29 nitrogen and oxygen atoms in total. The van der Waals surface area contributed by atoms with Crippen molar-refractivity contribution in [2.24, 2.45) is 56.0 Å². The Kier molecular flexibility index (Phi) is 27.6. The first kappa shape index (κ1) is 70.0.